The minimum absolute atomic E-state index is 0.334. The normalized spacial score (nSPS) is 14.2. The molecule has 0 aliphatic rings. The Labute approximate surface area is 233 Å². The number of hydrogen-bond acceptors (Lipinski definition) is 10. The average molecular weight is 577 g/mol. The minimum Gasteiger partial charge on any atom is -0.497 e. The molecule has 1 heterocycles. The topological polar surface area (TPSA) is 185 Å². The molecule has 0 bridgehead atoms. The van der Waals surface area contributed by atoms with Gasteiger partial charge in [-0.2, -0.15) is 0 Å². The number of carbonyl (C=O) groups excluding carboxylic acids is 4. The van der Waals surface area contributed by atoms with E-state index in [1.165, 1.54) is 11.7 Å². The Hall–Kier alpha value is -3.81. The van der Waals surface area contributed by atoms with E-state index in [-0.39, 0.29) is 0 Å². The highest BCUT2D eigenvalue weighted by Gasteiger charge is 2.38. The van der Waals surface area contributed by atoms with Crippen LogP contribution >= 0.6 is 11.6 Å². The number of rotatable bonds is 10. The van der Waals surface area contributed by atoms with Crippen molar-refractivity contribution in [1.82, 2.24) is 9.88 Å². The molecule has 1 aromatic heterocycles. The summed E-state index contributed by atoms with van der Waals surface area (Å²) < 4.78 is 11.6. The zero-order chi connectivity index (χ0) is 29.7. The van der Waals surface area contributed by atoms with E-state index in [2.05, 4.69) is 5.32 Å². The Morgan fingerprint density at radius 2 is 1.68 bits per heavy atom. The Bertz CT molecular complexity index is 1420. The quantitative estimate of drug-likeness (QED) is 0.168. The number of aromatic nitrogens is 1. The number of nitrogens with zero attached hydrogens (tertiary/aromatic N) is 1. The fourth-order valence-electron chi connectivity index (χ4n) is 4.19. The van der Waals surface area contributed by atoms with E-state index in [0.717, 1.165) is 6.92 Å². The zero-order valence-corrected chi connectivity index (χ0v) is 22.6. The number of nitrogens with one attached hydrogen (secondary N) is 1. The van der Waals surface area contributed by atoms with Crippen LogP contribution in [0.15, 0.2) is 42.5 Å². The lowest BCUT2D eigenvalue weighted by Gasteiger charge is -2.27. The summed E-state index contributed by atoms with van der Waals surface area (Å²) in [7, 11) is 1.45. The zero-order valence-electron chi connectivity index (χ0n) is 21.8. The largest absolute Gasteiger partial charge is 0.497 e. The van der Waals surface area contributed by atoms with Crippen molar-refractivity contribution in [2.75, 3.05) is 13.7 Å². The van der Waals surface area contributed by atoms with E-state index in [1.54, 1.807) is 49.4 Å². The van der Waals surface area contributed by atoms with Gasteiger partial charge in [0, 0.05) is 28.6 Å². The fraction of sp³-hybridized carbons (Fsp3) is 0.333. The molecule has 0 saturated carbocycles. The van der Waals surface area contributed by atoms with Gasteiger partial charge in [0.2, 0.25) is 5.91 Å². The van der Waals surface area contributed by atoms with Crippen LogP contribution < -0.4 is 10.1 Å². The molecule has 1 amide bonds. The highest BCUT2D eigenvalue weighted by molar-refractivity contribution is 6.30. The van der Waals surface area contributed by atoms with Gasteiger partial charge in [0.1, 0.15) is 24.1 Å². The second kappa shape index (κ2) is 13.0. The van der Waals surface area contributed by atoms with E-state index in [4.69, 9.17) is 26.2 Å². The number of esters is 2. The third-order valence-corrected chi connectivity index (χ3v) is 6.51. The molecular weight excluding hydrogens is 548 g/mol. The van der Waals surface area contributed by atoms with Crippen molar-refractivity contribution >= 4 is 46.3 Å². The smallest absolute Gasteiger partial charge is 0.339 e. The van der Waals surface area contributed by atoms with Crippen molar-refractivity contribution in [3.8, 4) is 5.75 Å². The van der Waals surface area contributed by atoms with E-state index < -0.39 is 61.1 Å². The van der Waals surface area contributed by atoms with Crippen molar-refractivity contribution < 1.29 is 49.1 Å². The van der Waals surface area contributed by atoms with Crippen LogP contribution in [0.25, 0.3) is 10.9 Å². The number of aliphatic hydroxyl groups excluding tert-OH is 4. The number of fused-ring (bicyclic) bond motifs is 1. The van der Waals surface area contributed by atoms with Crippen molar-refractivity contribution in [1.29, 1.82) is 0 Å². The first-order valence-electron chi connectivity index (χ1n) is 12.0. The van der Waals surface area contributed by atoms with E-state index >= 15 is 0 Å². The molecule has 4 atom stereocenters. The molecule has 0 radical (unpaired) electrons. The summed E-state index contributed by atoms with van der Waals surface area (Å²) in [6.07, 6.45) is -6.49. The van der Waals surface area contributed by atoms with Crippen LogP contribution in [0.5, 0.6) is 5.75 Å². The van der Waals surface area contributed by atoms with Gasteiger partial charge in [0.25, 0.3) is 5.91 Å². The van der Waals surface area contributed by atoms with Crippen molar-refractivity contribution in [2.24, 2.45) is 0 Å². The summed E-state index contributed by atoms with van der Waals surface area (Å²) in [5.41, 5.74) is 1.52. The van der Waals surface area contributed by atoms with Crippen LogP contribution in [-0.2, 0) is 25.5 Å². The molecule has 0 fully saturated rings. The van der Waals surface area contributed by atoms with E-state index in [1.807, 2.05) is 0 Å². The number of aliphatic hydroxyl groups is 4. The Morgan fingerprint density at radius 3 is 2.25 bits per heavy atom. The van der Waals surface area contributed by atoms with E-state index in [9.17, 15) is 34.5 Å². The Morgan fingerprint density at radius 1 is 1.02 bits per heavy atom. The molecule has 0 saturated heterocycles. The maximum Gasteiger partial charge on any atom is 0.339 e. The third kappa shape index (κ3) is 6.66. The van der Waals surface area contributed by atoms with Gasteiger partial charge in [-0.1, -0.05) is 11.6 Å². The maximum absolute atomic E-state index is 13.4. The molecule has 2 aromatic carbocycles. The fourth-order valence-corrected chi connectivity index (χ4v) is 4.31. The van der Waals surface area contributed by atoms with Crippen LogP contribution in [0.2, 0.25) is 5.02 Å². The van der Waals surface area contributed by atoms with Gasteiger partial charge < -0.3 is 35.2 Å². The highest BCUT2D eigenvalue weighted by atomic mass is 35.5. The second-order valence-electron chi connectivity index (χ2n) is 8.97. The lowest BCUT2D eigenvalue weighted by atomic mass is 10.0. The predicted octanol–water partition coefficient (Wildman–Crippen LogP) is 0.492. The number of ether oxygens (including phenoxy) is 2. The third-order valence-electron chi connectivity index (χ3n) is 6.26. The summed E-state index contributed by atoms with van der Waals surface area (Å²) in [6, 6.07) is 9.22. The van der Waals surface area contributed by atoms with Crippen molar-refractivity contribution in [2.45, 2.75) is 44.6 Å². The Balaban J connectivity index is 1.94. The van der Waals surface area contributed by atoms with Crippen LogP contribution in [-0.4, -0.2) is 86.8 Å². The number of halogens is 1. The molecule has 3 rings (SSSR count). The average Bonchev–Trinajstić information content (AvgIpc) is 3.20. The molecule has 0 aliphatic carbocycles. The Kier molecular flexibility index (Phi) is 10.0. The van der Waals surface area contributed by atoms with Gasteiger partial charge in [-0.3, -0.25) is 19.0 Å². The predicted molar refractivity (Wildman–Crippen MR) is 142 cm³/mol. The lowest BCUT2D eigenvalue weighted by molar-refractivity contribution is -0.167. The molecular formula is C27H29ClN2O10. The number of carbonyl (C=O) groups is 4. The van der Waals surface area contributed by atoms with Gasteiger partial charge in [0.05, 0.1) is 25.7 Å². The van der Waals surface area contributed by atoms with Crippen molar-refractivity contribution in [3.05, 3.63) is 64.3 Å². The molecule has 0 aliphatic heterocycles. The number of hydrogen-bond donors (Lipinski definition) is 5. The van der Waals surface area contributed by atoms with Gasteiger partial charge >= 0.3 is 11.9 Å². The van der Waals surface area contributed by atoms with Crippen LogP contribution in [0.4, 0.5) is 0 Å². The molecule has 13 heteroatoms. The van der Waals surface area contributed by atoms with Gasteiger partial charge in [-0.25, -0.2) is 4.79 Å². The SMILES string of the molecule is COc1ccc2c(c1)c(CC(=O)OC(=O)[C@@H](NC(C)=O)[C@@H](O)[C@H](O)[C@H](O)CO)c(C)n2C(=O)c1ccc(Cl)cc1. The highest BCUT2D eigenvalue weighted by Crippen LogP contribution is 2.31. The van der Waals surface area contributed by atoms with Crippen molar-refractivity contribution in [3.63, 3.8) is 0 Å². The van der Waals surface area contributed by atoms with Crippen LogP contribution in [0, 0.1) is 6.92 Å². The first-order chi connectivity index (χ1) is 18.9. The first kappa shape index (κ1) is 30.7. The van der Waals surface area contributed by atoms with E-state index in [0.29, 0.717) is 38.5 Å². The summed E-state index contributed by atoms with van der Waals surface area (Å²) >= 11 is 5.95. The second-order valence-corrected chi connectivity index (χ2v) is 9.41. The molecule has 5 N–H and O–H groups in total. The molecule has 40 heavy (non-hydrogen) atoms. The summed E-state index contributed by atoms with van der Waals surface area (Å²) in [6.45, 7) is 1.69. The molecule has 214 valence electrons. The van der Waals surface area contributed by atoms with Gasteiger partial charge in [-0.15, -0.1) is 0 Å². The molecule has 0 spiro atoms. The number of methoxy groups -OCH3 is 1. The first-order valence-corrected chi connectivity index (χ1v) is 12.4. The lowest BCUT2D eigenvalue weighted by Crippen LogP contribution is -2.56. The molecule has 3 aromatic rings. The molecule has 0 unspecified atom stereocenters. The standard InChI is InChI=1S/C27H29ClN2O10/c1-13-18(11-22(34)40-27(38)23(29-14(2)32)25(36)24(35)21(33)12-31)19-10-17(39-3)8-9-20(19)30(13)26(37)15-4-6-16(28)7-5-15/h4-10,21,23-25,31,33,35-36H,11-12H2,1-3H3,(H,29,32)/t21-,23+,24-,25-/m1/s1. The molecule has 12 nitrogen and oxygen atoms in total. The number of amides is 1. The maximum atomic E-state index is 13.4. The minimum atomic E-state index is -2.11. The monoisotopic (exact) mass is 576 g/mol. The van der Waals surface area contributed by atoms with Gasteiger partial charge in [0.15, 0.2) is 6.04 Å². The van der Waals surface area contributed by atoms with Crippen LogP contribution in [0.3, 0.4) is 0 Å². The summed E-state index contributed by atoms with van der Waals surface area (Å²) in [5, 5.41) is 41.9. The van der Waals surface area contributed by atoms with Crippen LogP contribution in [0.1, 0.15) is 28.5 Å². The van der Waals surface area contributed by atoms with Gasteiger partial charge in [-0.05, 0) is 55.0 Å². The number of benzene rings is 2. The summed E-state index contributed by atoms with van der Waals surface area (Å²) in [5.74, 6) is -3.25. The summed E-state index contributed by atoms with van der Waals surface area (Å²) in [4.78, 5) is 50.7.